The summed E-state index contributed by atoms with van der Waals surface area (Å²) < 4.78 is 0.807. The van der Waals surface area contributed by atoms with Crippen LogP contribution in [-0.2, 0) is 0 Å². The van der Waals surface area contributed by atoms with Crippen LogP contribution in [0.4, 0.5) is 0 Å². The van der Waals surface area contributed by atoms with Crippen LogP contribution in [0.1, 0.15) is 43.0 Å². The fourth-order valence-corrected chi connectivity index (χ4v) is 3.62. The number of halogens is 2. The monoisotopic (exact) mass is 372 g/mol. The molecule has 5 heteroatoms. The minimum Gasteiger partial charge on any atom is -0.336 e. The van der Waals surface area contributed by atoms with E-state index in [1.165, 1.54) is 12.8 Å². The van der Waals surface area contributed by atoms with Gasteiger partial charge in [-0.3, -0.25) is 4.79 Å². The number of hydrogen-bond acceptors (Lipinski definition) is 2. The molecule has 2 rings (SSSR count). The molecule has 1 saturated carbocycles. The van der Waals surface area contributed by atoms with Crippen LogP contribution in [0.2, 0.25) is 5.02 Å². The Labute approximate surface area is 140 Å². The Kier molecular flexibility index (Phi) is 6.08. The number of nitrogens with zero attached hydrogens (tertiary/aromatic N) is 1. The van der Waals surface area contributed by atoms with Gasteiger partial charge in [0.05, 0.1) is 5.02 Å². The first-order valence-electron chi connectivity index (χ1n) is 7.54. The van der Waals surface area contributed by atoms with Crippen molar-refractivity contribution in [1.82, 2.24) is 4.90 Å². The van der Waals surface area contributed by atoms with Crippen molar-refractivity contribution < 1.29 is 4.79 Å². The van der Waals surface area contributed by atoms with Crippen LogP contribution in [0.5, 0.6) is 0 Å². The lowest BCUT2D eigenvalue weighted by Gasteiger charge is -2.39. The van der Waals surface area contributed by atoms with Crippen LogP contribution >= 0.6 is 27.5 Å². The maximum Gasteiger partial charge on any atom is 0.254 e. The summed E-state index contributed by atoms with van der Waals surface area (Å²) in [5, 5.41) is 0.566. The Morgan fingerprint density at radius 3 is 2.76 bits per heavy atom. The van der Waals surface area contributed by atoms with Gasteiger partial charge in [-0.25, -0.2) is 0 Å². The highest BCUT2D eigenvalue weighted by atomic mass is 79.9. The normalized spacial score (nSPS) is 22.1. The number of carbonyl (C=O) groups is 1. The highest BCUT2D eigenvalue weighted by Crippen LogP contribution is 2.30. The Hall–Kier alpha value is -0.580. The largest absolute Gasteiger partial charge is 0.336 e. The van der Waals surface area contributed by atoms with Gasteiger partial charge in [-0.05, 0) is 66.4 Å². The van der Waals surface area contributed by atoms with E-state index in [9.17, 15) is 4.79 Å². The smallest absolute Gasteiger partial charge is 0.254 e. The van der Waals surface area contributed by atoms with Gasteiger partial charge in [0, 0.05) is 22.6 Å². The van der Waals surface area contributed by atoms with E-state index in [1.807, 2.05) is 24.0 Å². The SMILES string of the molecule is CCN(C(=O)c1ccc(Br)c(Cl)c1)C1CCCCC1CN. The Morgan fingerprint density at radius 2 is 2.14 bits per heavy atom. The van der Waals surface area contributed by atoms with E-state index in [4.69, 9.17) is 17.3 Å². The third-order valence-electron chi connectivity index (χ3n) is 4.34. The molecular weight excluding hydrogens is 352 g/mol. The highest BCUT2D eigenvalue weighted by Gasteiger charge is 2.31. The van der Waals surface area contributed by atoms with Crippen molar-refractivity contribution in [2.24, 2.45) is 11.7 Å². The molecule has 0 bridgehead atoms. The topological polar surface area (TPSA) is 46.3 Å². The molecule has 1 aliphatic carbocycles. The first kappa shape index (κ1) is 16.8. The zero-order valence-corrected chi connectivity index (χ0v) is 14.7. The summed E-state index contributed by atoms with van der Waals surface area (Å²) in [4.78, 5) is 14.8. The predicted octanol–water partition coefficient (Wildman–Crippen LogP) is 4.08. The zero-order chi connectivity index (χ0) is 15.4. The van der Waals surface area contributed by atoms with Gasteiger partial charge in [0.15, 0.2) is 0 Å². The first-order chi connectivity index (χ1) is 10.1. The Morgan fingerprint density at radius 1 is 1.43 bits per heavy atom. The van der Waals surface area contributed by atoms with Gasteiger partial charge in [0.25, 0.3) is 5.91 Å². The van der Waals surface area contributed by atoms with E-state index >= 15 is 0 Å². The second-order valence-electron chi connectivity index (χ2n) is 5.57. The van der Waals surface area contributed by atoms with Crippen molar-refractivity contribution in [1.29, 1.82) is 0 Å². The van der Waals surface area contributed by atoms with Gasteiger partial charge in [-0.1, -0.05) is 24.4 Å². The molecule has 0 radical (unpaired) electrons. The molecule has 1 aromatic carbocycles. The third kappa shape index (κ3) is 3.79. The van der Waals surface area contributed by atoms with Crippen LogP contribution in [0.3, 0.4) is 0 Å². The lowest BCUT2D eigenvalue weighted by atomic mass is 9.83. The van der Waals surface area contributed by atoms with Crippen molar-refractivity contribution in [3.8, 4) is 0 Å². The van der Waals surface area contributed by atoms with Crippen molar-refractivity contribution >= 4 is 33.4 Å². The maximum atomic E-state index is 12.8. The third-order valence-corrected chi connectivity index (χ3v) is 5.57. The molecule has 0 aliphatic heterocycles. The molecule has 1 fully saturated rings. The molecule has 2 unspecified atom stereocenters. The Balaban J connectivity index is 2.22. The summed E-state index contributed by atoms with van der Waals surface area (Å²) >= 11 is 9.47. The van der Waals surface area contributed by atoms with Crippen molar-refractivity contribution in [3.63, 3.8) is 0 Å². The van der Waals surface area contributed by atoms with Gasteiger partial charge in [-0.2, -0.15) is 0 Å². The van der Waals surface area contributed by atoms with Crippen LogP contribution < -0.4 is 5.73 Å². The highest BCUT2D eigenvalue weighted by molar-refractivity contribution is 9.10. The van der Waals surface area contributed by atoms with Crippen molar-refractivity contribution in [2.75, 3.05) is 13.1 Å². The molecule has 0 saturated heterocycles. The average molecular weight is 374 g/mol. The number of carbonyl (C=O) groups excluding carboxylic acids is 1. The number of benzene rings is 1. The van der Waals surface area contributed by atoms with Gasteiger partial charge in [0.1, 0.15) is 0 Å². The van der Waals surface area contributed by atoms with E-state index in [2.05, 4.69) is 15.9 Å². The second-order valence-corrected chi connectivity index (χ2v) is 6.83. The number of nitrogens with two attached hydrogens (primary N) is 1. The average Bonchev–Trinajstić information content (AvgIpc) is 2.51. The minimum atomic E-state index is 0.0530. The van der Waals surface area contributed by atoms with Crippen molar-refractivity contribution in [3.05, 3.63) is 33.3 Å². The molecule has 0 spiro atoms. The molecule has 2 atom stereocenters. The standard InChI is InChI=1S/C16H22BrClN2O/c1-2-20(15-6-4-3-5-12(15)10-19)16(21)11-7-8-13(17)14(18)9-11/h7-9,12,15H,2-6,10,19H2,1H3. The van der Waals surface area contributed by atoms with Crippen LogP contribution in [0, 0.1) is 5.92 Å². The molecule has 1 amide bonds. The summed E-state index contributed by atoms with van der Waals surface area (Å²) in [7, 11) is 0. The van der Waals surface area contributed by atoms with Crippen molar-refractivity contribution in [2.45, 2.75) is 38.6 Å². The zero-order valence-electron chi connectivity index (χ0n) is 12.3. The first-order valence-corrected chi connectivity index (χ1v) is 8.71. The van der Waals surface area contributed by atoms with Gasteiger partial charge in [-0.15, -0.1) is 0 Å². The fourth-order valence-electron chi connectivity index (χ4n) is 3.20. The molecule has 1 aliphatic rings. The fraction of sp³-hybridized carbons (Fsp3) is 0.562. The molecule has 2 N–H and O–H groups in total. The summed E-state index contributed by atoms with van der Waals surface area (Å²) in [6.45, 7) is 3.38. The number of amides is 1. The van der Waals surface area contributed by atoms with E-state index in [0.29, 0.717) is 29.6 Å². The summed E-state index contributed by atoms with van der Waals surface area (Å²) in [6, 6.07) is 5.63. The van der Waals surface area contributed by atoms with Gasteiger partial charge >= 0.3 is 0 Å². The molecule has 0 heterocycles. The molecule has 21 heavy (non-hydrogen) atoms. The van der Waals surface area contributed by atoms with E-state index < -0.39 is 0 Å². The summed E-state index contributed by atoms with van der Waals surface area (Å²) in [6.07, 6.45) is 4.55. The second kappa shape index (κ2) is 7.61. The molecule has 116 valence electrons. The van der Waals surface area contributed by atoms with Crippen LogP contribution in [0.25, 0.3) is 0 Å². The summed E-state index contributed by atoms with van der Waals surface area (Å²) in [5.74, 6) is 0.464. The van der Waals surface area contributed by atoms with E-state index in [-0.39, 0.29) is 11.9 Å². The summed E-state index contributed by atoms with van der Waals surface area (Å²) in [5.41, 5.74) is 6.55. The molecule has 3 nitrogen and oxygen atoms in total. The molecular formula is C16H22BrClN2O. The van der Waals surface area contributed by atoms with Gasteiger partial charge in [0.2, 0.25) is 0 Å². The Bertz CT molecular complexity index is 509. The van der Waals surface area contributed by atoms with E-state index in [1.54, 1.807) is 6.07 Å². The number of hydrogen-bond donors (Lipinski definition) is 1. The van der Waals surface area contributed by atoms with E-state index in [0.717, 1.165) is 17.3 Å². The quantitative estimate of drug-likeness (QED) is 0.864. The van der Waals surface area contributed by atoms with Crippen LogP contribution in [0.15, 0.2) is 22.7 Å². The minimum absolute atomic E-state index is 0.0530. The number of rotatable bonds is 4. The lowest BCUT2D eigenvalue weighted by Crippen LogP contribution is -2.48. The van der Waals surface area contributed by atoms with Crippen LogP contribution in [-0.4, -0.2) is 29.9 Å². The molecule has 0 aromatic heterocycles. The lowest BCUT2D eigenvalue weighted by molar-refractivity contribution is 0.0560. The predicted molar refractivity (Wildman–Crippen MR) is 90.7 cm³/mol. The van der Waals surface area contributed by atoms with Gasteiger partial charge < -0.3 is 10.6 Å². The molecule has 1 aromatic rings. The maximum absolute atomic E-state index is 12.8.